The molecule has 0 saturated heterocycles. The van der Waals surface area contributed by atoms with Crippen molar-refractivity contribution in [1.29, 1.82) is 0 Å². The predicted molar refractivity (Wildman–Crippen MR) is 107 cm³/mol. The monoisotopic (exact) mass is 412 g/mol. The molecule has 160 valence electrons. The van der Waals surface area contributed by atoms with Crippen LogP contribution in [0.15, 0.2) is 0 Å². The average Bonchev–Trinajstić information content (AvgIpc) is 2.90. The van der Waals surface area contributed by atoms with E-state index in [1.807, 2.05) is 0 Å². The third-order valence-electron chi connectivity index (χ3n) is 9.15. The Labute approximate surface area is 170 Å². The van der Waals surface area contributed by atoms with Gasteiger partial charge in [0.15, 0.2) is 0 Å². The van der Waals surface area contributed by atoms with Crippen molar-refractivity contribution in [3.05, 3.63) is 0 Å². The lowest BCUT2D eigenvalue weighted by Crippen LogP contribution is -2.54. The summed E-state index contributed by atoms with van der Waals surface area (Å²) >= 11 is 0. The highest BCUT2D eigenvalue weighted by Gasteiger charge is 2.61. The summed E-state index contributed by atoms with van der Waals surface area (Å²) in [7, 11) is -3.38. The molecule has 0 spiro atoms. The first-order chi connectivity index (χ1) is 13.0. The molecule has 4 fully saturated rings. The third-order valence-corrected chi connectivity index (χ3v) is 9.77. The highest BCUT2D eigenvalue weighted by Crippen LogP contribution is 2.66. The van der Waals surface area contributed by atoms with Crippen molar-refractivity contribution < 1.29 is 22.1 Å². The molecule has 8 unspecified atom stereocenters. The second kappa shape index (κ2) is 6.97. The van der Waals surface area contributed by atoms with Gasteiger partial charge < -0.3 is 4.74 Å². The first-order valence-electron chi connectivity index (χ1n) is 11.1. The Morgan fingerprint density at radius 2 is 1.61 bits per heavy atom. The lowest BCUT2D eigenvalue weighted by molar-refractivity contribution is -0.162. The second-order valence-electron chi connectivity index (χ2n) is 10.6. The molecule has 4 rings (SSSR count). The Kier molecular flexibility index (Phi) is 5.14. The van der Waals surface area contributed by atoms with Crippen LogP contribution in [0.4, 0.5) is 0 Å². The second-order valence-corrected chi connectivity index (χ2v) is 12.2. The van der Waals surface area contributed by atoms with Gasteiger partial charge in [-0.2, -0.15) is 8.42 Å². The molecule has 0 aromatic rings. The summed E-state index contributed by atoms with van der Waals surface area (Å²) in [6.45, 7) is 6.36. The van der Waals surface area contributed by atoms with Crippen LogP contribution in [0.3, 0.4) is 0 Å². The maximum absolute atomic E-state index is 11.6. The van der Waals surface area contributed by atoms with E-state index < -0.39 is 10.1 Å². The van der Waals surface area contributed by atoms with Crippen molar-refractivity contribution in [1.82, 2.24) is 0 Å². The highest BCUT2D eigenvalue weighted by molar-refractivity contribution is 7.86. The van der Waals surface area contributed by atoms with Crippen LogP contribution in [0.2, 0.25) is 0 Å². The Hall–Kier alpha value is -0.620. The Balaban J connectivity index is 1.51. The van der Waals surface area contributed by atoms with Gasteiger partial charge in [-0.3, -0.25) is 8.98 Å². The molecule has 0 aromatic carbocycles. The molecule has 0 aromatic heterocycles. The number of ether oxygens (including phenoxy) is 1. The Bertz CT molecular complexity index is 733. The standard InChI is InChI=1S/C22H36O5S/c1-14(23)26-20-8-7-18-17-6-5-15-13-16(27-28(4,24)25)9-11-21(15,2)19(17)10-12-22(18,20)3/h15-20H,5-13H2,1-4H3. The summed E-state index contributed by atoms with van der Waals surface area (Å²) in [4.78, 5) is 11.6. The summed E-state index contributed by atoms with van der Waals surface area (Å²) in [5, 5.41) is 0. The lowest BCUT2D eigenvalue weighted by Gasteiger charge is -2.60. The van der Waals surface area contributed by atoms with Crippen molar-refractivity contribution in [2.24, 2.45) is 34.5 Å². The third kappa shape index (κ3) is 3.42. The van der Waals surface area contributed by atoms with Crippen LogP contribution in [0, 0.1) is 34.5 Å². The molecule has 0 bridgehead atoms. The summed E-state index contributed by atoms with van der Waals surface area (Å²) in [5.74, 6) is 2.49. The summed E-state index contributed by atoms with van der Waals surface area (Å²) in [6, 6.07) is 0. The van der Waals surface area contributed by atoms with Crippen molar-refractivity contribution in [2.75, 3.05) is 6.26 Å². The van der Waals surface area contributed by atoms with Gasteiger partial charge in [0.05, 0.1) is 12.4 Å². The fourth-order valence-electron chi connectivity index (χ4n) is 7.90. The largest absolute Gasteiger partial charge is 0.462 e. The van der Waals surface area contributed by atoms with E-state index in [0.717, 1.165) is 32.1 Å². The number of carbonyl (C=O) groups excluding carboxylic acids is 1. The van der Waals surface area contributed by atoms with Crippen LogP contribution < -0.4 is 0 Å². The van der Waals surface area contributed by atoms with Gasteiger partial charge in [-0.25, -0.2) is 0 Å². The van der Waals surface area contributed by atoms with E-state index in [-0.39, 0.29) is 23.6 Å². The van der Waals surface area contributed by atoms with Crippen LogP contribution in [0.5, 0.6) is 0 Å². The van der Waals surface area contributed by atoms with E-state index in [0.29, 0.717) is 29.1 Å². The smallest absolute Gasteiger partial charge is 0.302 e. The predicted octanol–water partition coefficient (Wildman–Crippen LogP) is 4.31. The van der Waals surface area contributed by atoms with Crippen molar-refractivity contribution in [3.63, 3.8) is 0 Å². The fourth-order valence-corrected chi connectivity index (χ4v) is 8.57. The maximum Gasteiger partial charge on any atom is 0.302 e. The zero-order valence-corrected chi connectivity index (χ0v) is 18.6. The van der Waals surface area contributed by atoms with Crippen molar-refractivity contribution in [3.8, 4) is 0 Å². The molecule has 4 aliphatic carbocycles. The van der Waals surface area contributed by atoms with Crippen molar-refractivity contribution in [2.45, 2.75) is 90.8 Å². The van der Waals surface area contributed by atoms with E-state index in [9.17, 15) is 13.2 Å². The molecule has 8 atom stereocenters. The van der Waals surface area contributed by atoms with Gasteiger partial charge in [0.25, 0.3) is 10.1 Å². The summed E-state index contributed by atoms with van der Waals surface area (Å²) in [5.41, 5.74) is 0.424. The molecular weight excluding hydrogens is 376 g/mol. The molecule has 0 amide bonds. The number of carbonyl (C=O) groups is 1. The van der Waals surface area contributed by atoms with E-state index in [2.05, 4.69) is 13.8 Å². The van der Waals surface area contributed by atoms with Gasteiger partial charge >= 0.3 is 5.97 Å². The van der Waals surface area contributed by atoms with Crippen LogP contribution >= 0.6 is 0 Å². The van der Waals surface area contributed by atoms with Gasteiger partial charge in [-0.15, -0.1) is 0 Å². The molecule has 5 nitrogen and oxygen atoms in total. The normalized spacial score (nSPS) is 48.3. The molecule has 0 N–H and O–H groups in total. The number of hydrogen-bond donors (Lipinski definition) is 0. The maximum atomic E-state index is 11.6. The Morgan fingerprint density at radius 3 is 2.29 bits per heavy atom. The van der Waals surface area contributed by atoms with Gasteiger partial charge in [-0.05, 0) is 86.9 Å². The SMILES string of the molecule is CC(=O)OC1CCC2C3CCC4CC(OS(C)(=O)=O)CCC4(C)C3CCC12C. The molecule has 0 heterocycles. The molecule has 28 heavy (non-hydrogen) atoms. The van der Waals surface area contributed by atoms with Gasteiger partial charge in [-0.1, -0.05) is 13.8 Å². The zero-order valence-electron chi connectivity index (χ0n) is 17.8. The number of rotatable bonds is 3. The molecular formula is C22H36O5S. The molecule has 6 heteroatoms. The minimum Gasteiger partial charge on any atom is -0.462 e. The summed E-state index contributed by atoms with van der Waals surface area (Å²) in [6.07, 6.45) is 10.8. The summed E-state index contributed by atoms with van der Waals surface area (Å²) < 4.78 is 34.3. The van der Waals surface area contributed by atoms with Crippen LogP contribution in [-0.2, 0) is 23.8 Å². The zero-order chi connectivity index (χ0) is 20.3. The number of hydrogen-bond acceptors (Lipinski definition) is 5. The molecule has 0 aliphatic heterocycles. The van der Waals surface area contributed by atoms with Crippen LogP contribution in [0.1, 0.15) is 78.6 Å². The fraction of sp³-hybridized carbons (Fsp3) is 0.955. The quantitative estimate of drug-likeness (QED) is 0.510. The van der Waals surface area contributed by atoms with Crippen LogP contribution in [-0.4, -0.2) is 32.9 Å². The van der Waals surface area contributed by atoms with Crippen molar-refractivity contribution >= 4 is 16.1 Å². The molecule has 0 radical (unpaired) electrons. The van der Waals surface area contributed by atoms with Gasteiger partial charge in [0.1, 0.15) is 6.10 Å². The lowest BCUT2D eigenvalue weighted by atomic mass is 9.45. The van der Waals surface area contributed by atoms with E-state index in [4.69, 9.17) is 8.92 Å². The topological polar surface area (TPSA) is 69.7 Å². The number of esters is 1. The molecule has 4 aliphatic rings. The van der Waals surface area contributed by atoms with E-state index >= 15 is 0 Å². The van der Waals surface area contributed by atoms with Gasteiger partial charge in [0.2, 0.25) is 0 Å². The first-order valence-corrected chi connectivity index (χ1v) is 12.9. The highest BCUT2D eigenvalue weighted by atomic mass is 32.2. The first kappa shape index (κ1) is 20.6. The van der Waals surface area contributed by atoms with Crippen LogP contribution in [0.25, 0.3) is 0 Å². The van der Waals surface area contributed by atoms with E-state index in [1.165, 1.54) is 38.9 Å². The Morgan fingerprint density at radius 1 is 0.929 bits per heavy atom. The van der Waals surface area contributed by atoms with Gasteiger partial charge in [0, 0.05) is 12.3 Å². The van der Waals surface area contributed by atoms with E-state index in [1.54, 1.807) is 0 Å². The molecule has 4 saturated carbocycles. The minimum atomic E-state index is -3.38. The average molecular weight is 413 g/mol. The minimum absolute atomic E-state index is 0.0837. The number of fused-ring (bicyclic) bond motifs is 5.